The van der Waals surface area contributed by atoms with E-state index in [-0.39, 0.29) is 0 Å². The molecule has 2 saturated heterocycles. The Morgan fingerprint density at radius 1 is 0.216 bits per heavy atom. The molecule has 584 valence electrons. The van der Waals surface area contributed by atoms with Crippen molar-refractivity contribution in [2.24, 2.45) is 0 Å². The summed E-state index contributed by atoms with van der Waals surface area (Å²) in [4.78, 5) is 117. The third kappa shape index (κ3) is 16.4. The van der Waals surface area contributed by atoms with Crippen LogP contribution in [-0.2, 0) is 52.1 Å². The Kier molecular flexibility index (Phi) is 21.8. The van der Waals surface area contributed by atoms with E-state index in [1.54, 1.807) is 0 Å². The molecule has 0 saturated carbocycles. The van der Waals surface area contributed by atoms with E-state index in [2.05, 4.69) is 0 Å². The van der Waals surface area contributed by atoms with Crippen LogP contribution in [-0.4, -0.2) is 245 Å². The molecule has 2 aliphatic heterocycles. The van der Waals surface area contributed by atoms with Gasteiger partial charge in [0.05, 0.1) is 44.5 Å². The largest absolute Gasteiger partial charge is 0.504 e. The van der Waals surface area contributed by atoms with Gasteiger partial charge in [-0.05, 0) is 97.1 Å². The van der Waals surface area contributed by atoms with Gasteiger partial charge in [-0.3, -0.25) is 0 Å². The van der Waals surface area contributed by atoms with E-state index in [0.29, 0.717) is 97.1 Å². The first-order valence-corrected chi connectivity index (χ1v) is 30.8. The Balaban J connectivity index is 1.25. The highest BCUT2D eigenvalue weighted by atomic mass is 16.8. The molecule has 24 N–H and O–H groups in total. The van der Waals surface area contributed by atoms with Crippen molar-refractivity contribution in [2.75, 3.05) is 13.2 Å². The summed E-state index contributed by atoms with van der Waals surface area (Å²) in [6.45, 7) is -3.24. The smallest absolute Gasteiger partial charge is 0.340 e. The molecular formula is C68H54O43. The third-order valence-electron chi connectivity index (χ3n) is 16.1. The molecule has 10 atom stereocenters. The van der Waals surface area contributed by atoms with Gasteiger partial charge in [0.2, 0.25) is 12.4 Å². The lowest BCUT2D eigenvalue weighted by Crippen LogP contribution is -2.67. The normalized spacial score (nSPS) is 19.3. The zero-order chi connectivity index (χ0) is 81.4. The van der Waals surface area contributed by atoms with Gasteiger partial charge >= 0.3 is 47.8 Å². The van der Waals surface area contributed by atoms with Gasteiger partial charge in [0.1, 0.15) is 31.5 Å². The van der Waals surface area contributed by atoms with Gasteiger partial charge in [0.25, 0.3) is 0 Å². The van der Waals surface area contributed by atoms with Crippen LogP contribution in [0.2, 0.25) is 0 Å². The molecule has 8 aromatic carbocycles. The summed E-state index contributed by atoms with van der Waals surface area (Å²) in [5.41, 5.74) is -8.03. The van der Waals surface area contributed by atoms with Crippen LogP contribution < -0.4 is 0 Å². The zero-order valence-corrected chi connectivity index (χ0v) is 54.9. The molecule has 43 heteroatoms. The van der Waals surface area contributed by atoms with E-state index in [1.807, 2.05) is 0 Å². The quantitative estimate of drug-likeness (QED) is 0.0296. The molecule has 2 aliphatic rings. The first-order chi connectivity index (χ1) is 52.2. The third-order valence-corrected chi connectivity index (χ3v) is 16.1. The van der Waals surface area contributed by atoms with Gasteiger partial charge < -0.3 is 175 Å². The predicted molar refractivity (Wildman–Crippen MR) is 346 cm³/mol. The van der Waals surface area contributed by atoms with Crippen LogP contribution in [0.25, 0.3) is 0 Å². The van der Waals surface area contributed by atoms with Crippen molar-refractivity contribution >= 4 is 47.8 Å². The maximum absolute atomic E-state index is 15.0. The average Bonchev–Trinajstić information content (AvgIpc) is 0.752. The number of carbonyl (C=O) groups excluding carboxylic acids is 8. The van der Waals surface area contributed by atoms with Gasteiger partial charge in [0.15, 0.2) is 169 Å². The zero-order valence-electron chi connectivity index (χ0n) is 54.9. The number of benzene rings is 8. The van der Waals surface area contributed by atoms with Crippen molar-refractivity contribution < 1.29 is 213 Å². The van der Waals surface area contributed by atoms with Gasteiger partial charge in [-0.15, -0.1) is 0 Å². The van der Waals surface area contributed by atoms with E-state index in [0.717, 1.165) is 0 Å². The second kappa shape index (κ2) is 31.0. The van der Waals surface area contributed by atoms with Crippen molar-refractivity contribution in [1.29, 1.82) is 0 Å². The molecule has 0 radical (unpaired) electrons. The van der Waals surface area contributed by atoms with Crippen molar-refractivity contribution in [3.63, 3.8) is 0 Å². The summed E-state index contributed by atoms with van der Waals surface area (Å²) in [6, 6.07) is 6.65. The van der Waals surface area contributed by atoms with Crippen LogP contribution in [0.1, 0.15) is 82.9 Å². The highest BCUT2D eigenvalue weighted by Crippen LogP contribution is 2.46. The van der Waals surface area contributed by atoms with Crippen LogP contribution >= 0.6 is 0 Å². The highest BCUT2D eigenvalue weighted by Gasteiger charge is 2.59. The molecule has 111 heavy (non-hydrogen) atoms. The summed E-state index contributed by atoms with van der Waals surface area (Å²) >= 11 is 0. The van der Waals surface area contributed by atoms with E-state index < -0.39 is 305 Å². The minimum absolute atomic E-state index is 0.374. The van der Waals surface area contributed by atoms with E-state index in [1.165, 1.54) is 0 Å². The van der Waals surface area contributed by atoms with E-state index in [4.69, 9.17) is 52.1 Å². The fourth-order valence-corrected chi connectivity index (χ4v) is 10.6. The van der Waals surface area contributed by atoms with E-state index >= 15 is 0 Å². The number of phenolic OH excluding ortho intramolecular Hbond substituents is 24. The second-order valence-corrected chi connectivity index (χ2v) is 23.5. The summed E-state index contributed by atoms with van der Waals surface area (Å²) < 4.78 is 64.8. The Labute approximate surface area is 613 Å². The molecule has 0 aromatic heterocycles. The van der Waals surface area contributed by atoms with Crippen molar-refractivity contribution in [3.05, 3.63) is 142 Å². The lowest BCUT2D eigenvalue weighted by atomic mass is 9.95. The van der Waals surface area contributed by atoms with Gasteiger partial charge in [-0.2, -0.15) is 0 Å². The Morgan fingerprint density at radius 3 is 0.631 bits per heavy atom. The lowest BCUT2D eigenvalue weighted by molar-refractivity contribution is -0.351. The monoisotopic (exact) mass is 1560 g/mol. The summed E-state index contributed by atoms with van der Waals surface area (Å²) in [6.07, 6.45) is -29.2. The molecule has 2 heterocycles. The summed E-state index contributed by atoms with van der Waals surface area (Å²) in [5, 5.41) is 251. The predicted octanol–water partition coefficient (Wildman–Crippen LogP) is 2.45. The van der Waals surface area contributed by atoms with Crippen LogP contribution in [0.4, 0.5) is 0 Å². The molecule has 0 aliphatic carbocycles. The van der Waals surface area contributed by atoms with Crippen molar-refractivity contribution in [2.45, 2.75) is 61.4 Å². The number of phenols is 24. The molecule has 0 unspecified atom stereocenters. The summed E-state index contributed by atoms with van der Waals surface area (Å²) in [5.74, 6) is -45.5. The highest BCUT2D eigenvalue weighted by molar-refractivity contribution is 5.96. The van der Waals surface area contributed by atoms with Crippen LogP contribution in [0, 0.1) is 0 Å². The van der Waals surface area contributed by atoms with E-state index in [9.17, 15) is 161 Å². The molecule has 0 amide bonds. The lowest BCUT2D eigenvalue weighted by Gasteiger charge is -2.48. The number of hydrogen-bond donors (Lipinski definition) is 24. The molecule has 10 rings (SSSR count). The first kappa shape index (κ1) is 78.2. The molecule has 2 fully saturated rings. The van der Waals surface area contributed by atoms with Gasteiger partial charge in [0, 0.05) is 0 Å². The molecular weight excluding hydrogens is 1500 g/mol. The molecule has 8 aromatic rings. The summed E-state index contributed by atoms with van der Waals surface area (Å²) in [7, 11) is 0. The fourth-order valence-electron chi connectivity index (χ4n) is 10.6. The Bertz CT molecular complexity index is 4920. The van der Waals surface area contributed by atoms with Crippen molar-refractivity contribution in [1.82, 2.24) is 0 Å². The Morgan fingerprint density at radius 2 is 0.387 bits per heavy atom. The van der Waals surface area contributed by atoms with Gasteiger partial charge in [-0.25, -0.2) is 38.4 Å². The number of ether oxygens (including phenoxy) is 11. The fraction of sp³-hybridized carbons (Fsp3) is 0.176. The number of carbonyl (C=O) groups is 8. The standard InChI is InChI=1S/C68H54O43/c69-27-1-19(2-28(70)45(27)85)59(93)101-17-43-53(105-61(95)21-5-31(73)47(87)32(74)6-21)55(106-62(96)22-7-33(75)48(88)34(76)8-22)57(108-64(98)24-11-37(79)50(90)38(80)12-24)67(103-43)110-54-44(18-102-60(94)20-3-29(71)46(86)30(72)4-20)104-68(111-66(100)26-15-41(83)52(92)42(84)16-26)58(109-65(99)25-13-39(81)51(91)40(82)14-25)56(54)107-63(97)23-9-35(77)49(89)36(78)10-23/h1-16,43-44,53-58,67-92H,17-18H2/t43-,44-,53-,54-,55+,56+,57-,58-,67-,68+/m1/s1. The molecule has 0 spiro atoms. The minimum Gasteiger partial charge on any atom is -0.504 e. The molecule has 0 bridgehead atoms. The van der Waals surface area contributed by atoms with Crippen LogP contribution in [0.3, 0.4) is 0 Å². The first-order valence-electron chi connectivity index (χ1n) is 30.8. The van der Waals surface area contributed by atoms with Crippen molar-refractivity contribution in [3.8, 4) is 138 Å². The number of hydrogen-bond acceptors (Lipinski definition) is 43. The van der Waals surface area contributed by atoms with Gasteiger partial charge in [-0.1, -0.05) is 0 Å². The number of rotatable bonds is 20. The minimum atomic E-state index is -3.11. The number of aromatic hydroxyl groups is 24. The topological polar surface area (TPSA) is 724 Å². The average molecular weight is 1560 g/mol. The maximum atomic E-state index is 15.0. The second-order valence-electron chi connectivity index (χ2n) is 23.5. The SMILES string of the molecule is O=C(OC[C@H]1O[C@H](O[C@H]2[C@H](OC(=O)c3cc(O)c(O)c(O)c3)[C@@H](OC(=O)c3cc(O)c(O)c(O)c3)[C@H](OC(=O)c3cc(O)c(O)c(O)c3)O[C@@H]2COC(=O)c2cc(O)c(O)c(O)c2)[C@H](OC(=O)c2cc(O)c(O)c(O)c2)[C@@H](OC(=O)c2cc(O)c(O)c(O)c2)[C@@H]1OC(=O)c1cc(O)c(O)c(O)c1)c1cc(O)c(O)c(O)c1. The number of esters is 8. The molecule has 43 nitrogen and oxygen atoms in total. The van der Waals surface area contributed by atoms with Crippen LogP contribution in [0.15, 0.2) is 97.1 Å². The Hall–Kier alpha value is -15.4. The van der Waals surface area contributed by atoms with Crippen LogP contribution in [0.5, 0.6) is 138 Å². The maximum Gasteiger partial charge on any atom is 0.340 e.